The minimum Gasteiger partial charge on any atom is -0.358 e. The quantitative estimate of drug-likeness (QED) is 0.760. The van der Waals surface area contributed by atoms with Gasteiger partial charge >= 0.3 is 0 Å². The first-order valence-electron chi connectivity index (χ1n) is 7.81. The van der Waals surface area contributed by atoms with E-state index >= 15 is 0 Å². The zero-order valence-electron chi connectivity index (χ0n) is 13.7. The summed E-state index contributed by atoms with van der Waals surface area (Å²) in [4.78, 5) is 12.2. The Kier molecular flexibility index (Phi) is 5.28. The van der Waals surface area contributed by atoms with Gasteiger partial charge in [-0.25, -0.2) is 0 Å². The number of nitrogens with two attached hydrogens (primary N) is 1. The van der Waals surface area contributed by atoms with Crippen molar-refractivity contribution >= 4 is 10.9 Å². The highest BCUT2D eigenvalue weighted by Crippen LogP contribution is 2.25. The van der Waals surface area contributed by atoms with Gasteiger partial charge in [-0.1, -0.05) is 39.8 Å². The first-order valence-corrected chi connectivity index (χ1v) is 7.81. The molecule has 0 bridgehead atoms. The summed E-state index contributed by atoms with van der Waals surface area (Å²) in [6, 6.07) is 8.51. The maximum Gasteiger partial charge on any atom is 0.0886 e. The van der Waals surface area contributed by atoms with Crippen LogP contribution in [0.5, 0.6) is 0 Å². The monoisotopic (exact) mass is 296 g/mol. The fourth-order valence-corrected chi connectivity index (χ4v) is 2.23. The van der Waals surface area contributed by atoms with Crippen LogP contribution < -0.4 is 5.73 Å². The summed E-state index contributed by atoms with van der Waals surface area (Å²) in [5.74, 6) is 0.495. The number of nitrogens with one attached hydrogen (secondary N) is 1. The first-order chi connectivity index (χ1) is 10.7. The molecule has 3 rings (SSSR count). The highest BCUT2D eigenvalue weighted by molar-refractivity contribution is 5.85. The third-order valence-corrected chi connectivity index (χ3v) is 3.48. The Balaban J connectivity index is 0.000000847. The Bertz CT molecular complexity index is 726. The Morgan fingerprint density at radius 1 is 1.09 bits per heavy atom. The van der Waals surface area contributed by atoms with Crippen LogP contribution in [0.4, 0.5) is 0 Å². The van der Waals surface area contributed by atoms with Crippen LogP contribution >= 0.6 is 0 Å². The van der Waals surface area contributed by atoms with Crippen molar-refractivity contribution in [1.29, 1.82) is 0 Å². The second kappa shape index (κ2) is 7.18. The van der Waals surface area contributed by atoms with Gasteiger partial charge in [0.1, 0.15) is 0 Å². The molecule has 0 amide bonds. The lowest BCUT2D eigenvalue weighted by molar-refractivity contribution is 0.836. The molecule has 0 aliphatic heterocycles. The molecule has 0 atom stereocenters. The van der Waals surface area contributed by atoms with Crippen molar-refractivity contribution in [2.45, 2.75) is 40.2 Å². The van der Waals surface area contributed by atoms with Crippen LogP contribution in [0.1, 0.15) is 45.0 Å². The number of nitrogens with zero attached hydrogens (tertiary/aromatic N) is 2. The predicted molar refractivity (Wildman–Crippen MR) is 92.7 cm³/mol. The molecule has 1 aromatic carbocycles. The number of fused-ring (bicyclic) bond motifs is 1. The molecule has 0 unspecified atom stereocenters. The van der Waals surface area contributed by atoms with Crippen LogP contribution in [0, 0.1) is 0 Å². The number of rotatable bonds is 3. The lowest BCUT2D eigenvalue weighted by Crippen LogP contribution is -2.00. The lowest BCUT2D eigenvalue weighted by Gasteiger charge is -2.02. The van der Waals surface area contributed by atoms with E-state index in [1.54, 1.807) is 12.4 Å². The molecular formula is C18H24N4. The Morgan fingerprint density at radius 2 is 1.86 bits per heavy atom. The van der Waals surface area contributed by atoms with Gasteiger partial charge in [-0.15, -0.1) is 0 Å². The van der Waals surface area contributed by atoms with E-state index in [-0.39, 0.29) is 0 Å². The summed E-state index contributed by atoms with van der Waals surface area (Å²) < 4.78 is 0. The third kappa shape index (κ3) is 3.34. The van der Waals surface area contributed by atoms with E-state index in [4.69, 9.17) is 5.73 Å². The molecule has 3 aromatic rings. The summed E-state index contributed by atoms with van der Waals surface area (Å²) in [6.07, 6.45) is 3.50. The van der Waals surface area contributed by atoms with Gasteiger partial charge in [-0.05, 0) is 23.4 Å². The smallest absolute Gasteiger partial charge is 0.0886 e. The molecule has 0 saturated heterocycles. The van der Waals surface area contributed by atoms with Crippen LogP contribution in [0.15, 0.2) is 36.7 Å². The van der Waals surface area contributed by atoms with Gasteiger partial charge in [0.15, 0.2) is 0 Å². The number of hydrogen-bond donors (Lipinski definition) is 2. The Labute approximate surface area is 131 Å². The molecule has 0 saturated carbocycles. The minimum absolute atomic E-state index is 0.417. The average molecular weight is 296 g/mol. The van der Waals surface area contributed by atoms with Crippen LogP contribution in [-0.2, 0) is 6.54 Å². The molecule has 3 N–H and O–H groups in total. The first kappa shape index (κ1) is 16.2. The average Bonchev–Trinajstić information content (AvgIpc) is 3.00. The molecule has 0 aliphatic rings. The van der Waals surface area contributed by atoms with Crippen molar-refractivity contribution < 1.29 is 0 Å². The van der Waals surface area contributed by atoms with E-state index in [2.05, 4.69) is 53.1 Å². The maximum absolute atomic E-state index is 5.54. The van der Waals surface area contributed by atoms with Gasteiger partial charge in [0.05, 0.1) is 23.8 Å². The van der Waals surface area contributed by atoms with E-state index in [0.29, 0.717) is 12.5 Å². The lowest BCUT2D eigenvalue weighted by atomic mass is 10.1. The van der Waals surface area contributed by atoms with Crippen molar-refractivity contribution in [3.8, 4) is 11.3 Å². The highest BCUT2D eigenvalue weighted by Gasteiger charge is 2.07. The predicted octanol–water partition coefficient (Wildman–Crippen LogP) is 4.23. The van der Waals surface area contributed by atoms with E-state index in [1.807, 2.05) is 13.8 Å². The molecule has 116 valence electrons. The molecule has 4 heteroatoms. The molecule has 2 heterocycles. The number of H-pyrrole nitrogens is 1. The second-order valence-corrected chi connectivity index (χ2v) is 5.28. The molecule has 0 radical (unpaired) electrons. The Morgan fingerprint density at radius 3 is 2.45 bits per heavy atom. The highest BCUT2D eigenvalue weighted by atomic mass is 14.8. The zero-order chi connectivity index (χ0) is 16.1. The van der Waals surface area contributed by atoms with Crippen LogP contribution in [0.3, 0.4) is 0 Å². The second-order valence-electron chi connectivity index (χ2n) is 5.28. The van der Waals surface area contributed by atoms with Crippen LogP contribution in [0.25, 0.3) is 22.2 Å². The summed E-state index contributed by atoms with van der Waals surface area (Å²) in [6.45, 7) is 8.78. The molecular weight excluding hydrogens is 272 g/mol. The molecule has 0 fully saturated rings. The summed E-state index contributed by atoms with van der Waals surface area (Å²) >= 11 is 0. The SMILES string of the molecule is CC.CC(C)c1cc2ccc(-c3cnc(CN)cn3)cc2[nH]1. The van der Waals surface area contributed by atoms with Gasteiger partial charge in [0.2, 0.25) is 0 Å². The maximum atomic E-state index is 5.54. The molecule has 2 aromatic heterocycles. The van der Waals surface area contributed by atoms with E-state index in [1.165, 1.54) is 11.1 Å². The summed E-state index contributed by atoms with van der Waals surface area (Å²) in [5.41, 5.74) is 10.7. The van der Waals surface area contributed by atoms with Crippen molar-refractivity contribution in [3.63, 3.8) is 0 Å². The number of benzene rings is 1. The van der Waals surface area contributed by atoms with Gasteiger partial charge in [0.25, 0.3) is 0 Å². The van der Waals surface area contributed by atoms with Gasteiger partial charge in [-0.3, -0.25) is 9.97 Å². The van der Waals surface area contributed by atoms with Crippen molar-refractivity contribution in [2.75, 3.05) is 0 Å². The van der Waals surface area contributed by atoms with E-state index in [0.717, 1.165) is 22.5 Å². The summed E-state index contributed by atoms with van der Waals surface area (Å²) in [5, 5.41) is 1.23. The van der Waals surface area contributed by atoms with Crippen LogP contribution in [-0.4, -0.2) is 15.0 Å². The third-order valence-electron chi connectivity index (χ3n) is 3.48. The van der Waals surface area contributed by atoms with Gasteiger partial charge in [0, 0.05) is 23.3 Å². The molecule has 4 nitrogen and oxygen atoms in total. The van der Waals surface area contributed by atoms with Crippen LogP contribution in [0.2, 0.25) is 0 Å². The van der Waals surface area contributed by atoms with E-state index in [9.17, 15) is 0 Å². The largest absolute Gasteiger partial charge is 0.358 e. The van der Waals surface area contributed by atoms with E-state index < -0.39 is 0 Å². The minimum atomic E-state index is 0.417. The Hall–Kier alpha value is -2.20. The topological polar surface area (TPSA) is 67.6 Å². The van der Waals surface area contributed by atoms with Crippen molar-refractivity contribution in [1.82, 2.24) is 15.0 Å². The van der Waals surface area contributed by atoms with Crippen molar-refractivity contribution in [2.24, 2.45) is 5.73 Å². The molecule has 0 spiro atoms. The number of aromatic amines is 1. The summed E-state index contributed by atoms with van der Waals surface area (Å²) in [7, 11) is 0. The van der Waals surface area contributed by atoms with Crippen molar-refractivity contribution in [3.05, 3.63) is 48.0 Å². The molecule has 22 heavy (non-hydrogen) atoms. The van der Waals surface area contributed by atoms with Gasteiger partial charge < -0.3 is 10.7 Å². The zero-order valence-corrected chi connectivity index (χ0v) is 13.7. The number of hydrogen-bond acceptors (Lipinski definition) is 3. The fourth-order valence-electron chi connectivity index (χ4n) is 2.23. The standard InChI is InChI=1S/C16H18N4.C2H6/c1-10(2)14-5-11-3-4-12(6-15(11)20-14)16-9-18-13(7-17)8-19-16;1-2/h3-6,8-10,20H,7,17H2,1-2H3;1-2H3. The normalized spacial score (nSPS) is 10.6. The fraction of sp³-hybridized carbons (Fsp3) is 0.333. The van der Waals surface area contributed by atoms with Gasteiger partial charge in [-0.2, -0.15) is 0 Å². The number of aromatic nitrogens is 3. The molecule has 0 aliphatic carbocycles.